The van der Waals surface area contributed by atoms with Crippen LogP contribution in [0.15, 0.2) is 48.5 Å². The summed E-state index contributed by atoms with van der Waals surface area (Å²) in [6.07, 6.45) is 0.963. The van der Waals surface area contributed by atoms with Crippen molar-refractivity contribution < 1.29 is 0 Å². The van der Waals surface area contributed by atoms with Crippen molar-refractivity contribution in [3.63, 3.8) is 0 Å². The Kier molecular flexibility index (Phi) is 5.10. The maximum atomic E-state index is 5.76. The topological polar surface area (TPSA) is 47.1 Å². The first-order valence-electron chi connectivity index (χ1n) is 9.94. The summed E-state index contributed by atoms with van der Waals surface area (Å²) >= 11 is 0. The van der Waals surface area contributed by atoms with Gasteiger partial charge >= 0.3 is 0 Å². The Bertz CT molecular complexity index is 920. The number of hydrogen-bond donors (Lipinski definition) is 1. The van der Waals surface area contributed by atoms with E-state index in [9.17, 15) is 0 Å². The molecule has 2 aromatic carbocycles. The molecule has 0 atom stereocenters. The normalized spacial score (nSPS) is 12.4. The van der Waals surface area contributed by atoms with Crippen molar-refractivity contribution in [1.82, 2.24) is 14.7 Å². The summed E-state index contributed by atoms with van der Waals surface area (Å²) in [5.41, 5.74) is 14.6. The molecule has 2 N–H and O–H groups in total. The fraction of sp³-hybridized carbons (Fsp3) is 0.348. The van der Waals surface area contributed by atoms with Gasteiger partial charge in [0.2, 0.25) is 0 Å². The highest BCUT2D eigenvalue weighted by Crippen LogP contribution is 2.41. The fourth-order valence-corrected chi connectivity index (χ4v) is 4.03. The molecule has 140 valence electrons. The summed E-state index contributed by atoms with van der Waals surface area (Å²) in [4.78, 5) is 2.45. The van der Waals surface area contributed by atoms with Crippen molar-refractivity contribution in [2.24, 2.45) is 5.73 Å². The zero-order chi connectivity index (χ0) is 18.8. The number of benzene rings is 2. The fourth-order valence-electron chi connectivity index (χ4n) is 4.03. The molecule has 1 aromatic heterocycles. The van der Waals surface area contributed by atoms with Crippen molar-refractivity contribution in [3.8, 4) is 22.5 Å². The van der Waals surface area contributed by atoms with Gasteiger partial charge < -0.3 is 10.6 Å². The average molecular weight is 361 g/mol. The highest BCUT2D eigenvalue weighted by molar-refractivity contribution is 5.81. The van der Waals surface area contributed by atoms with Crippen LogP contribution >= 0.6 is 0 Å². The van der Waals surface area contributed by atoms with Crippen molar-refractivity contribution in [2.45, 2.75) is 33.4 Å². The lowest BCUT2D eigenvalue weighted by atomic mass is 10.0. The summed E-state index contributed by atoms with van der Waals surface area (Å²) < 4.78 is 2.23. The van der Waals surface area contributed by atoms with Gasteiger partial charge in [-0.3, -0.25) is 4.68 Å². The van der Waals surface area contributed by atoms with Crippen LogP contribution in [0.4, 0.5) is 0 Å². The van der Waals surface area contributed by atoms with Crippen molar-refractivity contribution in [2.75, 3.05) is 19.6 Å². The molecule has 0 fully saturated rings. The summed E-state index contributed by atoms with van der Waals surface area (Å²) in [6.45, 7) is 9.09. The Balaban J connectivity index is 1.75. The highest BCUT2D eigenvalue weighted by atomic mass is 15.3. The maximum absolute atomic E-state index is 5.76. The Hall–Kier alpha value is -2.43. The van der Waals surface area contributed by atoms with E-state index in [4.69, 9.17) is 10.8 Å². The van der Waals surface area contributed by atoms with Gasteiger partial charge in [0.15, 0.2) is 0 Å². The second-order valence-electron chi connectivity index (χ2n) is 7.16. The molecule has 1 aliphatic rings. The van der Waals surface area contributed by atoms with E-state index in [0.29, 0.717) is 6.54 Å². The third kappa shape index (κ3) is 3.31. The number of rotatable bonds is 7. The van der Waals surface area contributed by atoms with Crippen LogP contribution < -0.4 is 5.73 Å². The van der Waals surface area contributed by atoms with Crippen LogP contribution in [0.3, 0.4) is 0 Å². The minimum atomic E-state index is 0.572. The Morgan fingerprint density at radius 1 is 1.04 bits per heavy atom. The van der Waals surface area contributed by atoms with Gasteiger partial charge in [-0.05, 0) is 24.2 Å². The van der Waals surface area contributed by atoms with Crippen molar-refractivity contribution in [3.05, 3.63) is 65.2 Å². The molecule has 0 spiro atoms. The molecule has 1 aliphatic carbocycles. The molecule has 0 saturated carbocycles. The molecular formula is C23H28N4. The van der Waals surface area contributed by atoms with Gasteiger partial charge in [-0.1, -0.05) is 62.4 Å². The molecule has 27 heavy (non-hydrogen) atoms. The quantitative estimate of drug-likeness (QED) is 0.543. The van der Waals surface area contributed by atoms with Gasteiger partial charge in [0.1, 0.15) is 0 Å². The maximum Gasteiger partial charge on any atom is 0.0965 e. The Morgan fingerprint density at radius 2 is 1.78 bits per heavy atom. The zero-order valence-electron chi connectivity index (χ0n) is 16.3. The predicted molar refractivity (Wildman–Crippen MR) is 112 cm³/mol. The first-order chi connectivity index (χ1) is 13.2. The first kappa shape index (κ1) is 18.0. The molecule has 4 rings (SSSR count). The van der Waals surface area contributed by atoms with Gasteiger partial charge in [0.05, 0.1) is 17.9 Å². The third-order valence-electron chi connectivity index (χ3n) is 5.68. The average Bonchev–Trinajstić information content (AvgIpc) is 3.26. The standard InChI is InChI=1S/C23H28N4/c1-3-26(4-2)13-14-27-23-20-8-6-5-7-19(20)15-21(23)22(25-27)18-11-9-17(16-24)10-12-18/h5-12H,3-4,13-16,24H2,1-2H3. The monoisotopic (exact) mass is 360 g/mol. The summed E-state index contributed by atoms with van der Waals surface area (Å²) in [5, 5.41) is 5.06. The predicted octanol–water partition coefficient (Wildman–Crippen LogP) is 3.92. The molecule has 0 amide bonds. The molecule has 4 heteroatoms. The van der Waals surface area contributed by atoms with Crippen LogP contribution in [0.1, 0.15) is 30.5 Å². The molecule has 1 heterocycles. The van der Waals surface area contributed by atoms with Crippen molar-refractivity contribution in [1.29, 1.82) is 0 Å². The summed E-state index contributed by atoms with van der Waals surface area (Å²) in [6, 6.07) is 17.3. The second kappa shape index (κ2) is 7.67. The van der Waals surface area contributed by atoms with E-state index >= 15 is 0 Å². The third-order valence-corrected chi connectivity index (χ3v) is 5.68. The smallest absolute Gasteiger partial charge is 0.0965 e. The zero-order valence-corrected chi connectivity index (χ0v) is 16.3. The van der Waals surface area contributed by atoms with Gasteiger partial charge in [-0.2, -0.15) is 5.10 Å². The van der Waals surface area contributed by atoms with Crippen LogP contribution in [-0.4, -0.2) is 34.3 Å². The first-order valence-corrected chi connectivity index (χ1v) is 9.94. The lowest BCUT2D eigenvalue weighted by molar-refractivity contribution is 0.286. The molecule has 0 bridgehead atoms. The van der Waals surface area contributed by atoms with Crippen LogP contribution in [-0.2, 0) is 19.5 Å². The molecule has 0 aliphatic heterocycles. The van der Waals surface area contributed by atoms with Crippen LogP contribution in [0.5, 0.6) is 0 Å². The Labute approximate surface area is 161 Å². The van der Waals surface area contributed by atoms with E-state index in [-0.39, 0.29) is 0 Å². The number of nitrogens with two attached hydrogens (primary N) is 1. The van der Waals surface area contributed by atoms with E-state index in [0.717, 1.165) is 43.9 Å². The molecule has 4 nitrogen and oxygen atoms in total. The van der Waals surface area contributed by atoms with E-state index in [1.165, 1.54) is 27.9 Å². The summed E-state index contributed by atoms with van der Waals surface area (Å²) in [7, 11) is 0. The number of fused-ring (bicyclic) bond motifs is 3. The number of likely N-dealkylation sites (N-methyl/N-ethyl adjacent to an activating group) is 1. The second-order valence-corrected chi connectivity index (χ2v) is 7.16. The van der Waals surface area contributed by atoms with E-state index < -0.39 is 0 Å². The lowest BCUT2D eigenvalue weighted by Gasteiger charge is -2.18. The largest absolute Gasteiger partial charge is 0.326 e. The SMILES string of the molecule is CCN(CC)CCn1nc(-c2ccc(CN)cc2)c2c1-c1ccccc1C2. The highest BCUT2D eigenvalue weighted by Gasteiger charge is 2.27. The van der Waals surface area contributed by atoms with Gasteiger partial charge in [0.25, 0.3) is 0 Å². The van der Waals surface area contributed by atoms with Gasteiger partial charge in [-0.25, -0.2) is 0 Å². The minimum Gasteiger partial charge on any atom is -0.326 e. The molecule has 0 saturated heterocycles. The number of hydrogen-bond acceptors (Lipinski definition) is 3. The number of nitrogens with zero attached hydrogens (tertiary/aromatic N) is 3. The molecule has 0 radical (unpaired) electrons. The van der Waals surface area contributed by atoms with E-state index in [1.54, 1.807) is 0 Å². The Morgan fingerprint density at radius 3 is 2.48 bits per heavy atom. The van der Waals surface area contributed by atoms with Gasteiger partial charge in [-0.15, -0.1) is 0 Å². The molecule has 3 aromatic rings. The summed E-state index contributed by atoms with van der Waals surface area (Å²) in [5.74, 6) is 0. The van der Waals surface area contributed by atoms with E-state index in [1.807, 2.05) is 0 Å². The lowest BCUT2D eigenvalue weighted by Crippen LogP contribution is -2.27. The van der Waals surface area contributed by atoms with E-state index in [2.05, 4.69) is 72.0 Å². The van der Waals surface area contributed by atoms with Crippen LogP contribution in [0.2, 0.25) is 0 Å². The van der Waals surface area contributed by atoms with Crippen molar-refractivity contribution >= 4 is 0 Å². The van der Waals surface area contributed by atoms with Crippen LogP contribution in [0.25, 0.3) is 22.5 Å². The van der Waals surface area contributed by atoms with Gasteiger partial charge in [0, 0.05) is 36.2 Å². The molecular weight excluding hydrogens is 332 g/mol. The van der Waals surface area contributed by atoms with Crippen LogP contribution in [0, 0.1) is 0 Å². The number of aromatic nitrogens is 2. The molecule has 0 unspecified atom stereocenters. The minimum absolute atomic E-state index is 0.572.